The third-order valence-electron chi connectivity index (χ3n) is 4.39. The van der Waals surface area contributed by atoms with Gasteiger partial charge in [0.1, 0.15) is 12.4 Å². The van der Waals surface area contributed by atoms with Crippen molar-refractivity contribution >= 4 is 0 Å². The predicted molar refractivity (Wildman–Crippen MR) is 98.3 cm³/mol. The molecular formula is C21H21N3O. The van der Waals surface area contributed by atoms with E-state index in [1.54, 1.807) is 0 Å². The van der Waals surface area contributed by atoms with Gasteiger partial charge < -0.3 is 15.8 Å². The first-order valence-electron chi connectivity index (χ1n) is 8.21. The summed E-state index contributed by atoms with van der Waals surface area (Å²) < 4.78 is 5.82. The van der Waals surface area contributed by atoms with E-state index in [2.05, 4.69) is 11.4 Å². The molecule has 126 valence electrons. The summed E-state index contributed by atoms with van der Waals surface area (Å²) >= 11 is 0. The number of allylic oxidation sites excluding steroid dienone is 3. The number of dihydropyridines is 1. The molecule has 4 nitrogen and oxygen atoms in total. The van der Waals surface area contributed by atoms with E-state index in [0.29, 0.717) is 17.9 Å². The molecule has 25 heavy (non-hydrogen) atoms. The largest absolute Gasteiger partial charge is 0.489 e. The molecule has 0 aliphatic carbocycles. The smallest absolute Gasteiger partial charge is 0.119 e. The van der Waals surface area contributed by atoms with Crippen molar-refractivity contribution in [1.82, 2.24) is 5.32 Å². The van der Waals surface area contributed by atoms with Gasteiger partial charge in [-0.25, -0.2) is 0 Å². The van der Waals surface area contributed by atoms with Gasteiger partial charge in [0, 0.05) is 17.1 Å². The van der Waals surface area contributed by atoms with Gasteiger partial charge in [0.25, 0.3) is 0 Å². The Hall–Kier alpha value is -3.19. The molecule has 3 N–H and O–H groups in total. The number of benzene rings is 2. The van der Waals surface area contributed by atoms with Crippen molar-refractivity contribution in [3.05, 3.63) is 88.4 Å². The second-order valence-corrected chi connectivity index (χ2v) is 6.13. The fourth-order valence-corrected chi connectivity index (χ4v) is 3.00. The number of nitrogens with zero attached hydrogens (tertiary/aromatic N) is 1. The quantitative estimate of drug-likeness (QED) is 0.890. The van der Waals surface area contributed by atoms with Crippen LogP contribution in [0, 0.1) is 11.3 Å². The van der Waals surface area contributed by atoms with Gasteiger partial charge in [0.2, 0.25) is 0 Å². The van der Waals surface area contributed by atoms with Gasteiger partial charge in [-0.1, -0.05) is 42.5 Å². The molecule has 0 spiro atoms. The van der Waals surface area contributed by atoms with E-state index >= 15 is 0 Å². The Labute approximate surface area is 148 Å². The van der Waals surface area contributed by atoms with E-state index in [1.165, 1.54) is 0 Å². The van der Waals surface area contributed by atoms with Crippen molar-refractivity contribution < 1.29 is 4.74 Å². The van der Waals surface area contributed by atoms with Crippen molar-refractivity contribution in [2.45, 2.75) is 26.4 Å². The molecule has 1 heterocycles. The Kier molecular flexibility index (Phi) is 4.76. The lowest BCUT2D eigenvalue weighted by Crippen LogP contribution is -2.27. The topological polar surface area (TPSA) is 71.1 Å². The highest BCUT2D eigenvalue weighted by atomic mass is 16.5. The van der Waals surface area contributed by atoms with Crippen molar-refractivity contribution in [2.75, 3.05) is 0 Å². The average molecular weight is 331 g/mol. The zero-order valence-electron chi connectivity index (χ0n) is 14.4. The molecule has 2 aromatic rings. The van der Waals surface area contributed by atoms with Crippen molar-refractivity contribution in [1.29, 1.82) is 5.26 Å². The number of nitriles is 1. The van der Waals surface area contributed by atoms with Gasteiger partial charge in [-0.2, -0.15) is 5.26 Å². The molecule has 0 amide bonds. The number of rotatable bonds is 4. The highest BCUT2D eigenvalue weighted by Crippen LogP contribution is 2.35. The lowest BCUT2D eigenvalue weighted by atomic mass is 9.85. The maximum Gasteiger partial charge on any atom is 0.119 e. The van der Waals surface area contributed by atoms with E-state index < -0.39 is 0 Å². The first-order valence-corrected chi connectivity index (χ1v) is 8.21. The van der Waals surface area contributed by atoms with Gasteiger partial charge in [0.05, 0.1) is 17.6 Å². The van der Waals surface area contributed by atoms with Crippen molar-refractivity contribution in [3.63, 3.8) is 0 Å². The lowest BCUT2D eigenvalue weighted by Gasteiger charge is -2.27. The summed E-state index contributed by atoms with van der Waals surface area (Å²) in [5.41, 5.74) is 11.4. The zero-order valence-corrected chi connectivity index (χ0v) is 14.4. The van der Waals surface area contributed by atoms with E-state index in [1.807, 2.05) is 68.4 Å². The highest BCUT2D eigenvalue weighted by molar-refractivity contribution is 5.50. The molecule has 1 atom stereocenters. The maximum atomic E-state index is 9.51. The molecule has 4 heteroatoms. The normalized spacial score (nSPS) is 17.1. The van der Waals surface area contributed by atoms with Gasteiger partial charge >= 0.3 is 0 Å². The maximum absolute atomic E-state index is 9.51. The van der Waals surface area contributed by atoms with Gasteiger partial charge in [0.15, 0.2) is 0 Å². The van der Waals surface area contributed by atoms with Crippen LogP contribution in [0.3, 0.4) is 0 Å². The van der Waals surface area contributed by atoms with Crippen molar-refractivity contribution in [3.8, 4) is 11.8 Å². The lowest BCUT2D eigenvalue weighted by molar-refractivity contribution is 0.306. The summed E-state index contributed by atoms with van der Waals surface area (Å²) in [6, 6.07) is 20.1. The Morgan fingerprint density at radius 1 is 1.04 bits per heavy atom. The van der Waals surface area contributed by atoms with Gasteiger partial charge in [-0.15, -0.1) is 0 Å². The molecule has 0 aromatic heterocycles. The third kappa shape index (κ3) is 3.51. The SMILES string of the molecule is CC1=C(N)C(c2ccc(OCc3ccccc3)cc2)C(C#N)=C(C)N1. The van der Waals surface area contributed by atoms with Gasteiger partial charge in [-0.05, 0) is 37.1 Å². The highest BCUT2D eigenvalue weighted by Gasteiger charge is 2.27. The second-order valence-electron chi connectivity index (χ2n) is 6.13. The standard InChI is InChI=1S/C21H21N3O/c1-14-19(12-22)20(21(23)15(2)24-14)17-8-10-18(11-9-17)25-13-16-6-4-3-5-7-16/h3-11,20,24H,13,23H2,1-2H3. The predicted octanol–water partition coefficient (Wildman–Crippen LogP) is 3.94. The minimum Gasteiger partial charge on any atom is -0.489 e. The zero-order chi connectivity index (χ0) is 17.8. The molecule has 3 rings (SSSR count). The molecule has 0 fully saturated rings. The monoisotopic (exact) mass is 331 g/mol. The van der Waals surface area contributed by atoms with E-state index in [4.69, 9.17) is 10.5 Å². The number of hydrogen-bond acceptors (Lipinski definition) is 4. The molecular weight excluding hydrogens is 310 g/mol. The van der Waals surface area contributed by atoms with E-state index in [-0.39, 0.29) is 5.92 Å². The first kappa shape index (κ1) is 16.7. The summed E-state index contributed by atoms with van der Waals surface area (Å²) in [4.78, 5) is 0. The fourth-order valence-electron chi connectivity index (χ4n) is 3.00. The van der Waals surface area contributed by atoms with E-state index in [0.717, 1.165) is 28.3 Å². The Morgan fingerprint density at radius 2 is 1.72 bits per heavy atom. The summed E-state index contributed by atoms with van der Waals surface area (Å²) in [7, 11) is 0. The first-order chi connectivity index (χ1) is 12.1. The van der Waals surface area contributed by atoms with Crippen LogP contribution in [0.15, 0.2) is 77.3 Å². The van der Waals surface area contributed by atoms with Crippen LogP contribution in [0.5, 0.6) is 5.75 Å². The molecule has 1 aliphatic rings. The Bertz CT molecular complexity index is 858. The third-order valence-corrected chi connectivity index (χ3v) is 4.39. The van der Waals surface area contributed by atoms with Crippen LogP contribution in [-0.4, -0.2) is 0 Å². The Morgan fingerprint density at radius 3 is 2.36 bits per heavy atom. The van der Waals surface area contributed by atoms with Crippen LogP contribution < -0.4 is 15.8 Å². The van der Waals surface area contributed by atoms with Crippen LogP contribution >= 0.6 is 0 Å². The summed E-state index contributed by atoms with van der Waals surface area (Å²) in [5, 5.41) is 12.7. The molecule has 0 saturated carbocycles. The number of nitrogens with two attached hydrogens (primary N) is 1. The minimum absolute atomic E-state index is 0.213. The van der Waals surface area contributed by atoms with Crippen LogP contribution in [0.2, 0.25) is 0 Å². The minimum atomic E-state index is -0.213. The fraction of sp³-hybridized carbons (Fsp3) is 0.190. The van der Waals surface area contributed by atoms with Crippen LogP contribution in [0.25, 0.3) is 0 Å². The number of ether oxygens (including phenoxy) is 1. The molecule has 0 bridgehead atoms. The molecule has 2 aromatic carbocycles. The molecule has 1 unspecified atom stereocenters. The molecule has 1 aliphatic heterocycles. The Balaban J connectivity index is 1.79. The van der Waals surface area contributed by atoms with Crippen LogP contribution in [-0.2, 0) is 6.61 Å². The van der Waals surface area contributed by atoms with Crippen LogP contribution in [0.4, 0.5) is 0 Å². The molecule has 0 saturated heterocycles. The van der Waals surface area contributed by atoms with Crippen LogP contribution in [0.1, 0.15) is 30.9 Å². The summed E-state index contributed by atoms with van der Waals surface area (Å²) in [6.07, 6.45) is 0. The van der Waals surface area contributed by atoms with Crippen molar-refractivity contribution in [2.24, 2.45) is 5.73 Å². The average Bonchev–Trinajstić information content (AvgIpc) is 2.64. The van der Waals surface area contributed by atoms with Gasteiger partial charge in [-0.3, -0.25) is 0 Å². The van der Waals surface area contributed by atoms with E-state index in [9.17, 15) is 5.26 Å². The summed E-state index contributed by atoms with van der Waals surface area (Å²) in [5.74, 6) is 0.578. The summed E-state index contributed by atoms with van der Waals surface area (Å²) in [6.45, 7) is 4.35. The second kappa shape index (κ2) is 7.14. The number of hydrogen-bond donors (Lipinski definition) is 2. The molecule has 0 radical (unpaired) electrons. The number of nitrogens with one attached hydrogen (secondary N) is 1.